The second kappa shape index (κ2) is 5.49. The molecule has 2 aromatic carbocycles. The summed E-state index contributed by atoms with van der Waals surface area (Å²) in [7, 11) is 0. The van der Waals surface area contributed by atoms with Crippen LogP contribution >= 0.6 is 11.6 Å². The van der Waals surface area contributed by atoms with Gasteiger partial charge >= 0.3 is 0 Å². The average molecular weight is 267 g/mol. The van der Waals surface area contributed by atoms with Crippen LogP contribution in [0.25, 0.3) is 0 Å². The molecule has 0 nitrogen and oxygen atoms in total. The van der Waals surface area contributed by atoms with Crippen LogP contribution in [0.1, 0.15) is 29.0 Å². The molecule has 0 fully saturated rings. The van der Waals surface area contributed by atoms with E-state index in [4.69, 9.17) is 11.6 Å². The molecule has 94 valence electrons. The summed E-state index contributed by atoms with van der Waals surface area (Å²) in [5.41, 5.74) is 2.11. The highest BCUT2D eigenvalue weighted by Crippen LogP contribution is 2.31. The summed E-state index contributed by atoms with van der Waals surface area (Å²) in [6.45, 7) is 2.05. The average Bonchev–Trinajstić information content (AvgIpc) is 2.41. The van der Waals surface area contributed by atoms with Crippen LogP contribution in [-0.4, -0.2) is 0 Å². The molecule has 0 aromatic heterocycles. The van der Waals surface area contributed by atoms with Gasteiger partial charge in [0.15, 0.2) is 11.6 Å². The van der Waals surface area contributed by atoms with Crippen LogP contribution in [0.2, 0.25) is 0 Å². The molecule has 18 heavy (non-hydrogen) atoms. The Balaban J connectivity index is 2.35. The van der Waals surface area contributed by atoms with Crippen molar-refractivity contribution in [3.05, 3.63) is 70.8 Å². The lowest BCUT2D eigenvalue weighted by molar-refractivity contribution is 0.500. The third-order valence-corrected chi connectivity index (χ3v) is 3.42. The highest BCUT2D eigenvalue weighted by molar-refractivity contribution is 6.22. The largest absolute Gasteiger partial charge is 0.204 e. The lowest BCUT2D eigenvalue weighted by atomic mass is 10.0. The van der Waals surface area contributed by atoms with Gasteiger partial charge in [-0.3, -0.25) is 0 Å². The first-order chi connectivity index (χ1) is 8.63. The van der Waals surface area contributed by atoms with Crippen molar-refractivity contribution in [3.8, 4) is 0 Å². The van der Waals surface area contributed by atoms with E-state index < -0.39 is 17.0 Å². The predicted molar refractivity (Wildman–Crippen MR) is 69.9 cm³/mol. The highest BCUT2D eigenvalue weighted by atomic mass is 35.5. The molecular formula is C15H13ClF2. The van der Waals surface area contributed by atoms with Gasteiger partial charge in [-0.1, -0.05) is 43.3 Å². The Labute approximate surface area is 110 Å². The minimum atomic E-state index is -0.878. The minimum Gasteiger partial charge on any atom is -0.204 e. The van der Waals surface area contributed by atoms with Crippen LogP contribution in [0, 0.1) is 11.6 Å². The van der Waals surface area contributed by atoms with Crippen LogP contribution < -0.4 is 0 Å². The van der Waals surface area contributed by atoms with Crippen LogP contribution in [0.4, 0.5) is 8.78 Å². The molecule has 0 bridgehead atoms. The van der Waals surface area contributed by atoms with Gasteiger partial charge in [0, 0.05) is 5.56 Å². The summed E-state index contributed by atoms with van der Waals surface area (Å²) in [6.07, 6.45) is 0.932. The van der Waals surface area contributed by atoms with Gasteiger partial charge in [-0.05, 0) is 23.6 Å². The van der Waals surface area contributed by atoms with Crippen LogP contribution in [-0.2, 0) is 6.42 Å². The highest BCUT2D eigenvalue weighted by Gasteiger charge is 2.17. The maximum atomic E-state index is 13.6. The van der Waals surface area contributed by atoms with Crippen molar-refractivity contribution in [2.45, 2.75) is 18.7 Å². The standard InChI is InChI=1S/C15H13ClF2/c1-2-10-6-8-11(9-7-10)14(16)12-4-3-5-13(17)15(12)18/h3-9,14H,2H2,1H3. The van der Waals surface area contributed by atoms with Gasteiger partial charge in [0.1, 0.15) is 0 Å². The summed E-state index contributed by atoms with van der Waals surface area (Å²) in [6, 6.07) is 11.6. The molecule has 0 radical (unpaired) electrons. The lowest BCUT2D eigenvalue weighted by Gasteiger charge is -2.12. The van der Waals surface area contributed by atoms with E-state index >= 15 is 0 Å². The first-order valence-electron chi connectivity index (χ1n) is 5.80. The Bertz CT molecular complexity index is 535. The SMILES string of the molecule is CCc1ccc(C(Cl)c2cccc(F)c2F)cc1. The molecule has 0 saturated heterocycles. The predicted octanol–water partition coefficient (Wildman–Crippen LogP) is 4.86. The van der Waals surface area contributed by atoms with E-state index in [0.29, 0.717) is 0 Å². The van der Waals surface area contributed by atoms with Crippen molar-refractivity contribution >= 4 is 11.6 Å². The number of hydrogen-bond donors (Lipinski definition) is 0. The Morgan fingerprint density at radius 1 is 1.06 bits per heavy atom. The van der Waals surface area contributed by atoms with E-state index in [0.717, 1.165) is 18.1 Å². The van der Waals surface area contributed by atoms with E-state index in [-0.39, 0.29) is 5.56 Å². The number of halogens is 3. The minimum absolute atomic E-state index is 0.168. The fraction of sp³-hybridized carbons (Fsp3) is 0.200. The van der Waals surface area contributed by atoms with Crippen molar-refractivity contribution in [1.82, 2.24) is 0 Å². The number of benzene rings is 2. The quantitative estimate of drug-likeness (QED) is 0.696. The fourth-order valence-corrected chi connectivity index (χ4v) is 2.13. The summed E-state index contributed by atoms with van der Waals surface area (Å²) in [5, 5.41) is -0.674. The summed E-state index contributed by atoms with van der Waals surface area (Å²) < 4.78 is 26.8. The molecule has 1 atom stereocenters. The molecule has 1 unspecified atom stereocenters. The molecule has 0 heterocycles. The van der Waals surface area contributed by atoms with Gasteiger partial charge < -0.3 is 0 Å². The summed E-state index contributed by atoms with van der Waals surface area (Å²) in [4.78, 5) is 0. The van der Waals surface area contributed by atoms with E-state index in [1.54, 1.807) is 0 Å². The first kappa shape index (κ1) is 13.0. The van der Waals surface area contributed by atoms with Gasteiger partial charge in [0.05, 0.1) is 5.38 Å². The normalized spacial score (nSPS) is 12.4. The third kappa shape index (κ3) is 2.54. The zero-order chi connectivity index (χ0) is 13.1. The van der Waals surface area contributed by atoms with Crippen LogP contribution in [0.3, 0.4) is 0 Å². The van der Waals surface area contributed by atoms with Crippen molar-refractivity contribution in [1.29, 1.82) is 0 Å². The molecule has 0 saturated carbocycles. The van der Waals surface area contributed by atoms with Crippen molar-refractivity contribution in [2.75, 3.05) is 0 Å². The van der Waals surface area contributed by atoms with E-state index in [1.807, 2.05) is 24.3 Å². The van der Waals surface area contributed by atoms with Crippen LogP contribution in [0.5, 0.6) is 0 Å². The zero-order valence-electron chi connectivity index (χ0n) is 9.96. The monoisotopic (exact) mass is 266 g/mol. The molecule has 0 amide bonds. The molecule has 2 aromatic rings. The van der Waals surface area contributed by atoms with Crippen molar-refractivity contribution in [3.63, 3.8) is 0 Å². The Morgan fingerprint density at radius 2 is 1.72 bits per heavy atom. The summed E-state index contributed by atoms with van der Waals surface area (Å²) >= 11 is 6.20. The molecule has 0 aliphatic carbocycles. The van der Waals surface area contributed by atoms with E-state index in [9.17, 15) is 8.78 Å². The second-order valence-corrected chi connectivity index (χ2v) is 4.54. The number of hydrogen-bond acceptors (Lipinski definition) is 0. The third-order valence-electron chi connectivity index (χ3n) is 2.94. The van der Waals surface area contributed by atoms with Crippen molar-refractivity contribution < 1.29 is 8.78 Å². The van der Waals surface area contributed by atoms with E-state index in [2.05, 4.69) is 6.92 Å². The Kier molecular flexibility index (Phi) is 3.97. The molecule has 0 aliphatic rings. The topological polar surface area (TPSA) is 0 Å². The van der Waals surface area contributed by atoms with Gasteiger partial charge in [-0.15, -0.1) is 11.6 Å². The number of aryl methyl sites for hydroxylation is 1. The molecule has 0 N–H and O–H groups in total. The number of alkyl halides is 1. The molecule has 0 aliphatic heterocycles. The lowest BCUT2D eigenvalue weighted by Crippen LogP contribution is -1.99. The first-order valence-corrected chi connectivity index (χ1v) is 6.24. The van der Waals surface area contributed by atoms with Crippen LogP contribution in [0.15, 0.2) is 42.5 Å². The Hall–Kier alpha value is -1.41. The second-order valence-electron chi connectivity index (χ2n) is 4.10. The Morgan fingerprint density at radius 3 is 2.33 bits per heavy atom. The van der Waals surface area contributed by atoms with Crippen molar-refractivity contribution in [2.24, 2.45) is 0 Å². The van der Waals surface area contributed by atoms with Gasteiger partial charge in [0.2, 0.25) is 0 Å². The van der Waals surface area contributed by atoms with Gasteiger partial charge in [-0.25, -0.2) is 8.78 Å². The molecule has 3 heteroatoms. The molecular weight excluding hydrogens is 254 g/mol. The smallest absolute Gasteiger partial charge is 0.163 e. The van der Waals surface area contributed by atoms with Gasteiger partial charge in [-0.2, -0.15) is 0 Å². The maximum absolute atomic E-state index is 13.6. The summed E-state index contributed by atoms with van der Waals surface area (Å²) in [5.74, 6) is -1.75. The van der Waals surface area contributed by atoms with E-state index in [1.165, 1.54) is 17.7 Å². The fourth-order valence-electron chi connectivity index (χ4n) is 1.82. The molecule has 0 spiro atoms. The number of rotatable bonds is 3. The zero-order valence-corrected chi connectivity index (χ0v) is 10.7. The van der Waals surface area contributed by atoms with Gasteiger partial charge in [0.25, 0.3) is 0 Å². The molecule has 2 rings (SSSR count). The maximum Gasteiger partial charge on any atom is 0.163 e.